The molecule has 2 rings (SSSR count). The monoisotopic (exact) mass is 399 g/mol. The van der Waals surface area contributed by atoms with Crippen molar-refractivity contribution in [3.05, 3.63) is 47.0 Å². The Labute approximate surface area is 156 Å². The van der Waals surface area contributed by atoms with Crippen molar-refractivity contribution in [3.63, 3.8) is 0 Å². The molecule has 0 aromatic heterocycles. The molecule has 0 fully saturated rings. The minimum atomic E-state index is -4.30. The topological polar surface area (TPSA) is 110 Å². The second-order valence-electron chi connectivity index (χ2n) is 5.50. The van der Waals surface area contributed by atoms with E-state index < -0.39 is 33.8 Å². The molecule has 0 saturated heterocycles. The van der Waals surface area contributed by atoms with Crippen LogP contribution in [0.25, 0.3) is 10.8 Å². The number of rotatable bonds is 7. The molecule has 2 aromatic rings. The van der Waals surface area contributed by atoms with Gasteiger partial charge in [0.2, 0.25) is 0 Å². The lowest BCUT2D eigenvalue weighted by molar-refractivity contribution is -0.145. The molecule has 0 heterocycles. The van der Waals surface area contributed by atoms with Crippen molar-refractivity contribution in [1.82, 2.24) is 5.32 Å². The summed E-state index contributed by atoms with van der Waals surface area (Å²) in [6, 6.07) is 9.17. The van der Waals surface area contributed by atoms with Gasteiger partial charge in [-0.05, 0) is 30.2 Å². The molecule has 1 atom stereocenters. The zero-order valence-corrected chi connectivity index (χ0v) is 15.5. The smallest absolute Gasteiger partial charge is 0.328 e. The SMILES string of the molecule is CCOC(=O)[C@H](CCS(=O)(=O)O)NC(=O)c1c(Cl)ccc2ccccc12. The molecule has 7 nitrogen and oxygen atoms in total. The number of hydrogen-bond acceptors (Lipinski definition) is 5. The predicted octanol–water partition coefficient (Wildman–Crippen LogP) is 2.43. The second kappa shape index (κ2) is 8.48. The van der Waals surface area contributed by atoms with Crippen LogP contribution in [0.2, 0.25) is 5.02 Å². The highest BCUT2D eigenvalue weighted by atomic mass is 35.5. The van der Waals surface area contributed by atoms with Gasteiger partial charge in [-0.15, -0.1) is 0 Å². The summed E-state index contributed by atoms with van der Waals surface area (Å²) >= 11 is 6.16. The fourth-order valence-corrected chi connectivity index (χ4v) is 3.25. The third kappa shape index (κ3) is 5.17. The Morgan fingerprint density at radius 1 is 1.23 bits per heavy atom. The van der Waals surface area contributed by atoms with Crippen molar-refractivity contribution in [2.24, 2.45) is 0 Å². The Morgan fingerprint density at radius 3 is 2.58 bits per heavy atom. The molecular formula is C17H18ClNO6S. The van der Waals surface area contributed by atoms with Crippen LogP contribution in [0.1, 0.15) is 23.7 Å². The van der Waals surface area contributed by atoms with E-state index in [-0.39, 0.29) is 23.6 Å². The lowest BCUT2D eigenvalue weighted by atomic mass is 10.0. The molecule has 0 radical (unpaired) electrons. The fourth-order valence-electron chi connectivity index (χ4n) is 2.46. The van der Waals surface area contributed by atoms with Crippen LogP contribution in [0.15, 0.2) is 36.4 Å². The van der Waals surface area contributed by atoms with Crippen LogP contribution in [0.4, 0.5) is 0 Å². The highest BCUT2D eigenvalue weighted by Gasteiger charge is 2.26. The van der Waals surface area contributed by atoms with Gasteiger partial charge < -0.3 is 10.1 Å². The van der Waals surface area contributed by atoms with Crippen molar-refractivity contribution in [2.45, 2.75) is 19.4 Å². The van der Waals surface area contributed by atoms with Gasteiger partial charge in [0, 0.05) is 0 Å². The molecule has 0 spiro atoms. The first-order valence-corrected chi connectivity index (χ1v) is 9.81. The molecule has 26 heavy (non-hydrogen) atoms. The van der Waals surface area contributed by atoms with Crippen molar-refractivity contribution < 1.29 is 27.3 Å². The Morgan fingerprint density at radius 2 is 1.92 bits per heavy atom. The van der Waals surface area contributed by atoms with Crippen LogP contribution in [-0.4, -0.2) is 43.2 Å². The number of fused-ring (bicyclic) bond motifs is 1. The molecule has 0 unspecified atom stereocenters. The van der Waals surface area contributed by atoms with E-state index in [9.17, 15) is 18.0 Å². The van der Waals surface area contributed by atoms with Gasteiger partial charge in [-0.25, -0.2) is 4.79 Å². The number of amides is 1. The quantitative estimate of drug-likeness (QED) is 0.546. The molecular weight excluding hydrogens is 382 g/mol. The number of hydrogen-bond donors (Lipinski definition) is 2. The van der Waals surface area contributed by atoms with Gasteiger partial charge in [0.1, 0.15) is 6.04 Å². The fraction of sp³-hybridized carbons (Fsp3) is 0.294. The number of halogens is 1. The lowest BCUT2D eigenvalue weighted by Gasteiger charge is -2.18. The number of ether oxygens (including phenoxy) is 1. The minimum Gasteiger partial charge on any atom is -0.464 e. The molecule has 1 amide bonds. The molecule has 0 saturated carbocycles. The second-order valence-corrected chi connectivity index (χ2v) is 7.48. The molecule has 0 aliphatic rings. The lowest BCUT2D eigenvalue weighted by Crippen LogP contribution is -2.43. The van der Waals surface area contributed by atoms with E-state index in [0.717, 1.165) is 5.39 Å². The summed E-state index contributed by atoms with van der Waals surface area (Å²) in [5, 5.41) is 4.02. The van der Waals surface area contributed by atoms with Crippen LogP contribution in [0, 0.1) is 0 Å². The van der Waals surface area contributed by atoms with Crippen LogP contribution in [0.5, 0.6) is 0 Å². The van der Waals surface area contributed by atoms with Crippen molar-refractivity contribution in [3.8, 4) is 0 Å². The zero-order chi connectivity index (χ0) is 19.3. The molecule has 2 N–H and O–H groups in total. The molecule has 2 aromatic carbocycles. The first kappa shape index (κ1) is 20.2. The van der Waals surface area contributed by atoms with E-state index in [4.69, 9.17) is 20.9 Å². The summed E-state index contributed by atoms with van der Waals surface area (Å²) in [6.07, 6.45) is -0.328. The van der Waals surface area contributed by atoms with Gasteiger partial charge in [0.05, 0.1) is 22.9 Å². The van der Waals surface area contributed by atoms with E-state index in [0.29, 0.717) is 5.39 Å². The van der Waals surface area contributed by atoms with Crippen LogP contribution >= 0.6 is 11.6 Å². The highest BCUT2D eigenvalue weighted by molar-refractivity contribution is 7.85. The maximum Gasteiger partial charge on any atom is 0.328 e. The maximum atomic E-state index is 12.7. The average molecular weight is 400 g/mol. The molecule has 9 heteroatoms. The van der Waals surface area contributed by atoms with Gasteiger partial charge in [0.25, 0.3) is 16.0 Å². The van der Waals surface area contributed by atoms with E-state index in [1.54, 1.807) is 31.2 Å². The van der Waals surface area contributed by atoms with Gasteiger partial charge in [-0.1, -0.05) is 41.9 Å². The van der Waals surface area contributed by atoms with Crippen LogP contribution < -0.4 is 5.32 Å². The van der Waals surface area contributed by atoms with Gasteiger partial charge >= 0.3 is 5.97 Å². The van der Waals surface area contributed by atoms with Crippen molar-refractivity contribution in [1.29, 1.82) is 0 Å². The van der Waals surface area contributed by atoms with Gasteiger partial charge in [-0.2, -0.15) is 8.42 Å². The number of carbonyl (C=O) groups is 2. The largest absolute Gasteiger partial charge is 0.464 e. The summed E-state index contributed by atoms with van der Waals surface area (Å²) in [4.78, 5) is 24.7. The molecule has 0 bridgehead atoms. The highest BCUT2D eigenvalue weighted by Crippen LogP contribution is 2.26. The van der Waals surface area contributed by atoms with Crippen molar-refractivity contribution >= 4 is 44.4 Å². The molecule has 0 aliphatic heterocycles. The van der Waals surface area contributed by atoms with Crippen LogP contribution in [0.3, 0.4) is 0 Å². The summed E-state index contributed by atoms with van der Waals surface area (Å²) in [5.41, 5.74) is 0.172. The Hall–Kier alpha value is -2.16. The summed E-state index contributed by atoms with van der Waals surface area (Å²) < 4.78 is 35.7. The Balaban J connectivity index is 2.31. The van der Waals surface area contributed by atoms with Gasteiger partial charge in [0.15, 0.2) is 0 Å². The number of esters is 1. The maximum absolute atomic E-state index is 12.7. The third-order valence-electron chi connectivity index (χ3n) is 3.65. The number of nitrogens with one attached hydrogen (secondary N) is 1. The summed E-state index contributed by atoms with van der Waals surface area (Å²) in [5.74, 6) is -2.12. The Bertz CT molecular complexity index is 928. The number of benzene rings is 2. The first-order valence-electron chi connectivity index (χ1n) is 7.83. The Kier molecular flexibility index (Phi) is 6.57. The standard InChI is InChI=1S/C17H18ClNO6S/c1-2-25-17(21)14(9-10-26(22,23)24)19-16(20)15-12-6-4-3-5-11(12)7-8-13(15)18/h3-8,14H,2,9-10H2,1H3,(H,19,20)(H,22,23,24)/t14-/m0/s1. The minimum absolute atomic E-state index is 0.0616. The zero-order valence-electron chi connectivity index (χ0n) is 13.9. The van der Waals surface area contributed by atoms with Crippen molar-refractivity contribution in [2.75, 3.05) is 12.4 Å². The predicted molar refractivity (Wildman–Crippen MR) is 97.9 cm³/mol. The summed E-state index contributed by atoms with van der Waals surface area (Å²) in [6.45, 7) is 1.65. The number of carbonyl (C=O) groups excluding carboxylic acids is 2. The van der Waals surface area contributed by atoms with E-state index in [1.807, 2.05) is 12.1 Å². The van der Waals surface area contributed by atoms with Crippen LogP contribution in [-0.2, 0) is 19.6 Å². The third-order valence-corrected chi connectivity index (χ3v) is 4.71. The van der Waals surface area contributed by atoms with E-state index >= 15 is 0 Å². The normalized spacial score (nSPS) is 12.6. The first-order chi connectivity index (χ1) is 12.2. The molecule has 140 valence electrons. The average Bonchev–Trinajstić information content (AvgIpc) is 2.57. The van der Waals surface area contributed by atoms with E-state index in [1.165, 1.54) is 0 Å². The summed E-state index contributed by atoms with van der Waals surface area (Å²) in [7, 11) is -4.30. The van der Waals surface area contributed by atoms with E-state index in [2.05, 4.69) is 5.32 Å². The molecule has 0 aliphatic carbocycles. The van der Waals surface area contributed by atoms with Gasteiger partial charge in [-0.3, -0.25) is 9.35 Å².